The quantitative estimate of drug-likeness (QED) is 0.287. The highest BCUT2D eigenvalue weighted by molar-refractivity contribution is 6.39. The Hall–Kier alpha value is -4.53. The molecule has 0 atom stereocenters. The van der Waals surface area contributed by atoms with Crippen molar-refractivity contribution >= 4 is 35.3 Å². The zero-order valence-electron chi connectivity index (χ0n) is 17.1. The largest absolute Gasteiger partial charge is 0.457 e. The van der Waals surface area contributed by atoms with E-state index < -0.39 is 22.8 Å². The van der Waals surface area contributed by atoms with Crippen LogP contribution in [0, 0.1) is 24.0 Å². The molecular weight excluding hydrogens is 414 g/mol. The number of amides is 4. The Kier molecular flexibility index (Phi) is 5.15. The maximum absolute atomic E-state index is 12.9. The van der Waals surface area contributed by atoms with E-state index in [2.05, 4.69) is 5.32 Å². The molecule has 0 radical (unpaired) electrons. The predicted molar refractivity (Wildman–Crippen MR) is 116 cm³/mol. The standard InChI is InChI=1S/C23H17N3O6/c1-13-3-7-16(8-4-13)25-22(28)18(21(27)24-23(25)29)12-17-9-10-20(32-17)15-6-5-14(2)19(11-15)26(30)31/h3-12H,1-2H3,(H,24,27,29)/b18-12-. The lowest BCUT2D eigenvalue weighted by atomic mass is 10.1. The van der Waals surface area contributed by atoms with E-state index in [1.54, 1.807) is 49.4 Å². The van der Waals surface area contributed by atoms with E-state index in [0.29, 0.717) is 22.6 Å². The molecule has 0 aliphatic carbocycles. The zero-order chi connectivity index (χ0) is 23.0. The van der Waals surface area contributed by atoms with Gasteiger partial charge < -0.3 is 4.42 Å². The Morgan fingerprint density at radius 2 is 1.72 bits per heavy atom. The van der Waals surface area contributed by atoms with Crippen LogP contribution in [-0.2, 0) is 9.59 Å². The Bertz CT molecular complexity index is 1300. The number of rotatable bonds is 4. The fourth-order valence-corrected chi connectivity index (χ4v) is 3.27. The second-order valence-electron chi connectivity index (χ2n) is 7.25. The number of furan rings is 1. The zero-order valence-corrected chi connectivity index (χ0v) is 17.1. The van der Waals surface area contributed by atoms with Gasteiger partial charge in [0, 0.05) is 17.2 Å². The number of carbonyl (C=O) groups excluding carboxylic acids is 3. The second kappa shape index (κ2) is 7.95. The number of aryl methyl sites for hydroxylation is 2. The van der Waals surface area contributed by atoms with Crippen molar-refractivity contribution in [3.63, 3.8) is 0 Å². The van der Waals surface area contributed by atoms with Crippen LogP contribution in [0.2, 0.25) is 0 Å². The van der Waals surface area contributed by atoms with E-state index in [1.807, 2.05) is 6.92 Å². The van der Waals surface area contributed by atoms with E-state index in [-0.39, 0.29) is 17.0 Å². The van der Waals surface area contributed by atoms with Crippen LogP contribution in [0.25, 0.3) is 17.4 Å². The first-order valence-corrected chi connectivity index (χ1v) is 9.58. The third-order valence-corrected chi connectivity index (χ3v) is 5.00. The number of nitro benzene ring substituents is 1. The Morgan fingerprint density at radius 1 is 1.00 bits per heavy atom. The molecule has 9 heteroatoms. The van der Waals surface area contributed by atoms with Crippen LogP contribution in [0.1, 0.15) is 16.9 Å². The summed E-state index contributed by atoms with van der Waals surface area (Å²) in [5, 5.41) is 13.3. The number of hydrogen-bond donors (Lipinski definition) is 1. The van der Waals surface area contributed by atoms with Crippen LogP contribution >= 0.6 is 0 Å². The molecule has 1 N–H and O–H groups in total. The van der Waals surface area contributed by atoms with Gasteiger partial charge in [-0.2, -0.15) is 0 Å². The number of hydrogen-bond acceptors (Lipinski definition) is 6. The van der Waals surface area contributed by atoms with Crippen molar-refractivity contribution in [2.75, 3.05) is 4.90 Å². The Morgan fingerprint density at radius 3 is 2.41 bits per heavy atom. The summed E-state index contributed by atoms with van der Waals surface area (Å²) in [6.45, 7) is 3.50. The highest BCUT2D eigenvalue weighted by atomic mass is 16.6. The minimum atomic E-state index is -0.840. The van der Waals surface area contributed by atoms with Gasteiger partial charge in [0.05, 0.1) is 10.6 Å². The number of nitrogens with zero attached hydrogens (tertiary/aromatic N) is 2. The molecule has 160 valence electrons. The van der Waals surface area contributed by atoms with Gasteiger partial charge in [0.2, 0.25) is 0 Å². The number of anilines is 1. The molecule has 1 aromatic heterocycles. The van der Waals surface area contributed by atoms with E-state index in [1.165, 1.54) is 18.2 Å². The van der Waals surface area contributed by atoms with Crippen LogP contribution < -0.4 is 10.2 Å². The highest BCUT2D eigenvalue weighted by Gasteiger charge is 2.37. The lowest BCUT2D eigenvalue weighted by molar-refractivity contribution is -0.385. The maximum atomic E-state index is 12.9. The number of benzene rings is 2. The number of carbonyl (C=O) groups is 3. The molecule has 32 heavy (non-hydrogen) atoms. The van der Waals surface area contributed by atoms with E-state index >= 15 is 0 Å². The van der Waals surface area contributed by atoms with Gasteiger partial charge in [-0.05, 0) is 44.2 Å². The van der Waals surface area contributed by atoms with Crippen LogP contribution in [0.4, 0.5) is 16.2 Å². The molecule has 1 saturated heterocycles. The fraction of sp³-hybridized carbons (Fsp3) is 0.0870. The first-order valence-electron chi connectivity index (χ1n) is 9.58. The first-order chi connectivity index (χ1) is 15.2. The van der Waals surface area contributed by atoms with Crippen LogP contribution in [0.3, 0.4) is 0 Å². The molecule has 9 nitrogen and oxygen atoms in total. The Labute approximate surface area is 182 Å². The molecule has 0 bridgehead atoms. The van der Waals surface area contributed by atoms with E-state index in [4.69, 9.17) is 4.42 Å². The first kappa shape index (κ1) is 20.7. The lowest BCUT2D eigenvalue weighted by Crippen LogP contribution is -2.54. The monoisotopic (exact) mass is 431 g/mol. The van der Waals surface area contributed by atoms with Crippen molar-refractivity contribution in [2.24, 2.45) is 0 Å². The summed E-state index contributed by atoms with van der Waals surface area (Å²) in [6, 6.07) is 13.6. The third kappa shape index (κ3) is 3.79. The van der Waals surface area contributed by atoms with Crippen LogP contribution in [-0.4, -0.2) is 22.8 Å². The lowest BCUT2D eigenvalue weighted by Gasteiger charge is -2.26. The molecule has 0 spiro atoms. The molecule has 1 aliphatic rings. The molecule has 1 fully saturated rings. The fourth-order valence-electron chi connectivity index (χ4n) is 3.27. The van der Waals surface area contributed by atoms with Gasteiger partial charge in [0.25, 0.3) is 17.5 Å². The maximum Gasteiger partial charge on any atom is 0.335 e. The topological polar surface area (TPSA) is 123 Å². The van der Waals surface area contributed by atoms with E-state index in [0.717, 1.165) is 10.5 Å². The van der Waals surface area contributed by atoms with Crippen molar-refractivity contribution in [1.29, 1.82) is 0 Å². The molecule has 3 aromatic rings. The summed E-state index contributed by atoms with van der Waals surface area (Å²) in [4.78, 5) is 49.1. The molecule has 0 unspecified atom stereocenters. The van der Waals surface area contributed by atoms with Gasteiger partial charge in [-0.15, -0.1) is 0 Å². The Balaban J connectivity index is 1.67. The van der Waals surface area contributed by atoms with Crippen LogP contribution in [0.15, 0.2) is 64.6 Å². The number of nitrogens with one attached hydrogen (secondary N) is 1. The van der Waals surface area contributed by atoms with Gasteiger partial charge in [-0.25, -0.2) is 9.69 Å². The third-order valence-electron chi connectivity index (χ3n) is 5.00. The highest BCUT2D eigenvalue weighted by Crippen LogP contribution is 2.29. The van der Waals surface area contributed by atoms with Crippen molar-refractivity contribution in [2.45, 2.75) is 13.8 Å². The minimum Gasteiger partial charge on any atom is -0.457 e. The van der Waals surface area contributed by atoms with Gasteiger partial charge >= 0.3 is 6.03 Å². The molecule has 2 aromatic carbocycles. The van der Waals surface area contributed by atoms with Crippen molar-refractivity contribution < 1.29 is 23.7 Å². The summed E-state index contributed by atoms with van der Waals surface area (Å²) < 4.78 is 5.69. The SMILES string of the molecule is Cc1ccc(N2C(=O)NC(=O)/C(=C/c3ccc(-c4ccc(C)c([N+](=O)[O-])c4)o3)C2=O)cc1. The molecular formula is C23H17N3O6. The number of imide groups is 2. The summed E-state index contributed by atoms with van der Waals surface area (Å²) in [7, 11) is 0. The van der Waals surface area contributed by atoms with E-state index in [9.17, 15) is 24.5 Å². The smallest absolute Gasteiger partial charge is 0.335 e. The van der Waals surface area contributed by atoms with Crippen molar-refractivity contribution in [3.05, 3.63) is 87.2 Å². The summed E-state index contributed by atoms with van der Waals surface area (Å²) in [5.74, 6) is -1.12. The summed E-state index contributed by atoms with van der Waals surface area (Å²) in [6.07, 6.45) is 1.23. The molecule has 4 amide bonds. The van der Waals surface area contributed by atoms with Crippen molar-refractivity contribution in [3.8, 4) is 11.3 Å². The summed E-state index contributed by atoms with van der Waals surface area (Å²) >= 11 is 0. The molecule has 1 aliphatic heterocycles. The number of barbiturate groups is 1. The van der Waals surface area contributed by atoms with Gasteiger partial charge in [-0.3, -0.25) is 25.0 Å². The average Bonchev–Trinajstić information content (AvgIpc) is 3.21. The molecule has 0 saturated carbocycles. The predicted octanol–water partition coefficient (Wildman–Crippen LogP) is 4.14. The average molecular weight is 431 g/mol. The van der Waals surface area contributed by atoms with Gasteiger partial charge in [0.15, 0.2) is 0 Å². The number of nitro groups is 1. The second-order valence-corrected chi connectivity index (χ2v) is 7.25. The van der Waals surface area contributed by atoms with Gasteiger partial charge in [0.1, 0.15) is 17.1 Å². The number of urea groups is 1. The summed E-state index contributed by atoms with van der Waals surface area (Å²) in [5.41, 5.74) is 1.93. The molecule has 4 rings (SSSR count). The van der Waals surface area contributed by atoms with Gasteiger partial charge in [-0.1, -0.05) is 29.8 Å². The minimum absolute atomic E-state index is 0.0482. The van der Waals surface area contributed by atoms with Crippen LogP contribution in [0.5, 0.6) is 0 Å². The van der Waals surface area contributed by atoms with Crippen molar-refractivity contribution in [1.82, 2.24) is 5.32 Å². The normalized spacial score (nSPS) is 15.2. The molecule has 2 heterocycles.